The molecule has 2 fully saturated rings. The SMILES string of the molecule is COc1ccc(-c2nnn[nH]2)cc1N(C)[C@H]1CC[C@H](CN2CCCC2)[C@H]1c1ccc(F)cc1. The molecule has 1 N–H and O–H groups in total. The Labute approximate surface area is 193 Å². The van der Waals surface area contributed by atoms with Crippen LogP contribution in [0.2, 0.25) is 0 Å². The summed E-state index contributed by atoms with van der Waals surface area (Å²) in [5, 5.41) is 14.3. The zero-order valence-electron chi connectivity index (χ0n) is 19.2. The molecule has 2 aliphatic rings. The zero-order chi connectivity index (χ0) is 22.8. The normalized spacial score (nSPS) is 23.2. The summed E-state index contributed by atoms with van der Waals surface area (Å²) in [6, 6.07) is 13.4. The Morgan fingerprint density at radius 3 is 2.61 bits per heavy atom. The molecule has 3 aromatic rings. The quantitative estimate of drug-likeness (QED) is 0.584. The zero-order valence-corrected chi connectivity index (χ0v) is 19.2. The summed E-state index contributed by atoms with van der Waals surface area (Å²) in [6.45, 7) is 3.48. The average molecular weight is 451 g/mol. The van der Waals surface area contributed by atoms with Gasteiger partial charge in [0.05, 0.1) is 12.8 Å². The van der Waals surface area contributed by atoms with Gasteiger partial charge in [-0.15, -0.1) is 5.10 Å². The molecular weight excluding hydrogens is 419 g/mol. The summed E-state index contributed by atoms with van der Waals surface area (Å²) in [4.78, 5) is 4.94. The average Bonchev–Trinajstić information content (AvgIpc) is 3.62. The first-order valence-electron chi connectivity index (χ1n) is 11.8. The summed E-state index contributed by atoms with van der Waals surface area (Å²) >= 11 is 0. The number of nitrogens with one attached hydrogen (secondary N) is 1. The van der Waals surface area contributed by atoms with E-state index in [1.54, 1.807) is 19.2 Å². The Kier molecular flexibility index (Phi) is 6.26. The third-order valence-corrected chi connectivity index (χ3v) is 7.38. The molecule has 1 aliphatic carbocycles. The number of tetrazole rings is 1. The molecule has 33 heavy (non-hydrogen) atoms. The Morgan fingerprint density at radius 1 is 1.12 bits per heavy atom. The van der Waals surface area contributed by atoms with Crippen molar-refractivity contribution < 1.29 is 9.13 Å². The van der Waals surface area contributed by atoms with Crippen LogP contribution in [0.5, 0.6) is 5.75 Å². The third-order valence-electron chi connectivity index (χ3n) is 7.38. The first-order valence-corrected chi connectivity index (χ1v) is 11.8. The minimum Gasteiger partial charge on any atom is -0.495 e. The van der Waals surface area contributed by atoms with Gasteiger partial charge in [0.2, 0.25) is 0 Å². The fourth-order valence-electron chi connectivity index (χ4n) is 5.75. The largest absolute Gasteiger partial charge is 0.495 e. The summed E-state index contributed by atoms with van der Waals surface area (Å²) in [7, 11) is 3.84. The molecule has 0 spiro atoms. The molecular formula is C25H31FN6O. The van der Waals surface area contributed by atoms with Crippen molar-refractivity contribution in [2.75, 3.05) is 38.7 Å². The smallest absolute Gasteiger partial charge is 0.179 e. The van der Waals surface area contributed by atoms with Gasteiger partial charge in [0.15, 0.2) is 5.82 Å². The van der Waals surface area contributed by atoms with Gasteiger partial charge in [-0.3, -0.25) is 0 Å². The molecule has 3 atom stereocenters. The maximum Gasteiger partial charge on any atom is 0.179 e. The second-order valence-electron chi connectivity index (χ2n) is 9.24. The van der Waals surface area contributed by atoms with Gasteiger partial charge in [-0.1, -0.05) is 12.1 Å². The summed E-state index contributed by atoms with van der Waals surface area (Å²) in [6.07, 6.45) is 4.81. The highest BCUT2D eigenvalue weighted by molar-refractivity contribution is 5.69. The van der Waals surface area contributed by atoms with Crippen LogP contribution in [0.15, 0.2) is 42.5 Å². The van der Waals surface area contributed by atoms with Crippen LogP contribution in [-0.4, -0.2) is 65.4 Å². The van der Waals surface area contributed by atoms with Crippen LogP contribution < -0.4 is 9.64 Å². The minimum atomic E-state index is -0.187. The molecule has 0 unspecified atom stereocenters. The molecule has 8 heteroatoms. The van der Waals surface area contributed by atoms with E-state index in [1.807, 2.05) is 24.3 Å². The van der Waals surface area contributed by atoms with Gasteiger partial charge in [-0.2, -0.15) is 0 Å². The number of hydrogen-bond acceptors (Lipinski definition) is 6. The number of halogens is 1. The molecule has 0 amide bonds. The second-order valence-corrected chi connectivity index (χ2v) is 9.24. The summed E-state index contributed by atoms with van der Waals surface area (Å²) in [5.74, 6) is 2.10. The standard InChI is InChI=1S/C25H31FN6O/c1-31(22-15-18(8-12-23(22)33-2)25-27-29-30-28-25)21-11-7-19(16-32-13-3-4-14-32)24(21)17-5-9-20(26)10-6-17/h5-6,8-10,12,15,19,21,24H,3-4,7,11,13-14,16H2,1-2H3,(H,27,28,29,30)/t19-,21+,24-/m1/s1. The Balaban J connectivity index is 1.48. The number of aromatic nitrogens is 4. The van der Waals surface area contributed by atoms with Crippen molar-refractivity contribution in [1.29, 1.82) is 0 Å². The molecule has 1 aliphatic heterocycles. The van der Waals surface area contributed by atoms with Crippen molar-refractivity contribution in [1.82, 2.24) is 25.5 Å². The van der Waals surface area contributed by atoms with Gasteiger partial charge in [0.1, 0.15) is 11.6 Å². The number of H-pyrrole nitrogens is 1. The van der Waals surface area contributed by atoms with Crippen molar-refractivity contribution in [2.24, 2.45) is 5.92 Å². The number of aromatic amines is 1. The molecule has 7 nitrogen and oxygen atoms in total. The Hall–Kier alpha value is -3.00. The van der Waals surface area contributed by atoms with Crippen LogP contribution in [0.1, 0.15) is 37.2 Å². The van der Waals surface area contributed by atoms with Crippen molar-refractivity contribution in [3.05, 3.63) is 53.8 Å². The number of benzene rings is 2. The van der Waals surface area contributed by atoms with E-state index in [2.05, 4.69) is 43.5 Å². The Bertz CT molecular complexity index is 1050. The van der Waals surface area contributed by atoms with Crippen LogP contribution in [0.4, 0.5) is 10.1 Å². The summed E-state index contributed by atoms with van der Waals surface area (Å²) < 4.78 is 19.5. The third kappa shape index (κ3) is 4.44. The molecule has 0 radical (unpaired) electrons. The lowest BCUT2D eigenvalue weighted by Crippen LogP contribution is -2.37. The number of likely N-dealkylation sites (N-methyl/N-ethyl adjacent to an activating group) is 1. The van der Waals surface area contributed by atoms with Gasteiger partial charge in [0.25, 0.3) is 0 Å². The van der Waals surface area contributed by atoms with Gasteiger partial charge >= 0.3 is 0 Å². The van der Waals surface area contributed by atoms with Crippen LogP contribution in [0.25, 0.3) is 11.4 Å². The van der Waals surface area contributed by atoms with E-state index in [9.17, 15) is 4.39 Å². The molecule has 2 heterocycles. The van der Waals surface area contributed by atoms with E-state index >= 15 is 0 Å². The fraction of sp³-hybridized carbons (Fsp3) is 0.480. The topological polar surface area (TPSA) is 70.2 Å². The lowest BCUT2D eigenvalue weighted by molar-refractivity contribution is 0.263. The van der Waals surface area contributed by atoms with Crippen LogP contribution in [0, 0.1) is 11.7 Å². The highest BCUT2D eigenvalue weighted by Gasteiger charge is 2.41. The molecule has 5 rings (SSSR count). The number of rotatable bonds is 7. The number of likely N-dealkylation sites (tertiary alicyclic amines) is 1. The maximum absolute atomic E-state index is 13.7. The molecule has 2 aromatic carbocycles. The van der Waals surface area contributed by atoms with Crippen LogP contribution in [-0.2, 0) is 0 Å². The first kappa shape index (κ1) is 21.8. The number of nitrogens with zero attached hydrogens (tertiary/aromatic N) is 5. The van der Waals surface area contributed by atoms with Crippen molar-refractivity contribution >= 4 is 5.69 Å². The number of ether oxygens (including phenoxy) is 1. The molecule has 174 valence electrons. The lowest BCUT2D eigenvalue weighted by atomic mass is 9.85. The molecule has 1 saturated carbocycles. The van der Waals surface area contributed by atoms with Gasteiger partial charge in [0, 0.05) is 31.1 Å². The van der Waals surface area contributed by atoms with E-state index in [0.717, 1.165) is 36.4 Å². The van der Waals surface area contributed by atoms with E-state index in [4.69, 9.17) is 4.74 Å². The van der Waals surface area contributed by atoms with Gasteiger partial charge in [-0.05, 0) is 91.0 Å². The van der Waals surface area contributed by atoms with E-state index in [-0.39, 0.29) is 11.9 Å². The summed E-state index contributed by atoms with van der Waals surface area (Å²) in [5.41, 5.74) is 3.13. The molecule has 1 saturated heterocycles. The number of methoxy groups -OCH3 is 1. The highest BCUT2D eigenvalue weighted by atomic mass is 19.1. The predicted octanol–water partition coefficient (Wildman–Crippen LogP) is 4.11. The van der Waals surface area contributed by atoms with Gasteiger partial charge in [-0.25, -0.2) is 9.49 Å². The lowest BCUT2D eigenvalue weighted by Gasteiger charge is -2.35. The number of hydrogen-bond donors (Lipinski definition) is 1. The van der Waals surface area contributed by atoms with E-state index in [1.165, 1.54) is 31.5 Å². The predicted molar refractivity (Wildman–Crippen MR) is 126 cm³/mol. The van der Waals surface area contributed by atoms with Gasteiger partial charge < -0.3 is 14.5 Å². The second kappa shape index (κ2) is 9.47. The monoisotopic (exact) mass is 450 g/mol. The Morgan fingerprint density at radius 2 is 1.91 bits per heavy atom. The van der Waals surface area contributed by atoms with Crippen molar-refractivity contribution in [3.63, 3.8) is 0 Å². The van der Waals surface area contributed by atoms with Crippen LogP contribution >= 0.6 is 0 Å². The van der Waals surface area contributed by atoms with Crippen molar-refractivity contribution in [3.8, 4) is 17.1 Å². The van der Waals surface area contributed by atoms with E-state index in [0.29, 0.717) is 17.7 Å². The highest BCUT2D eigenvalue weighted by Crippen LogP contribution is 2.46. The number of anilines is 1. The fourth-order valence-corrected chi connectivity index (χ4v) is 5.75. The first-order chi connectivity index (χ1) is 16.1. The molecule has 1 aromatic heterocycles. The van der Waals surface area contributed by atoms with E-state index < -0.39 is 0 Å². The maximum atomic E-state index is 13.7. The van der Waals surface area contributed by atoms with Crippen molar-refractivity contribution in [2.45, 2.75) is 37.6 Å². The molecule has 0 bridgehead atoms. The minimum absolute atomic E-state index is 0.187. The van der Waals surface area contributed by atoms with Crippen LogP contribution in [0.3, 0.4) is 0 Å².